The van der Waals surface area contributed by atoms with E-state index in [4.69, 9.17) is 27.9 Å². The number of nitrogens with one attached hydrogen (secondary N) is 1. The topological polar surface area (TPSA) is 62.1 Å². The van der Waals surface area contributed by atoms with Crippen molar-refractivity contribution in [1.29, 1.82) is 5.26 Å². The van der Waals surface area contributed by atoms with Crippen LogP contribution < -0.4 is 5.32 Å². The van der Waals surface area contributed by atoms with E-state index >= 15 is 4.39 Å². The van der Waals surface area contributed by atoms with Crippen molar-refractivity contribution in [3.05, 3.63) is 69.5 Å². The molecule has 192 valence electrons. The molecule has 1 aliphatic carbocycles. The summed E-state index contributed by atoms with van der Waals surface area (Å²) in [6.45, 7) is 5.39. The van der Waals surface area contributed by atoms with Gasteiger partial charge in [-0.1, -0.05) is 79.6 Å². The summed E-state index contributed by atoms with van der Waals surface area (Å²) in [6, 6.07) is 13.1. The average Bonchev–Trinajstić information content (AvgIpc) is 3.15. The summed E-state index contributed by atoms with van der Waals surface area (Å²) >= 11 is 12.4. The minimum absolute atomic E-state index is 0.0471. The van der Waals surface area contributed by atoms with Crippen molar-refractivity contribution in [3.8, 4) is 6.07 Å². The molecule has 0 spiro atoms. The number of hydrogen-bond acceptors (Lipinski definition) is 4. The lowest BCUT2D eigenvalue weighted by atomic mass is 9.63. The molecule has 0 amide bonds. The number of carbonyl (C=O) groups is 1. The SMILES string of the molecule is CC(C)(C)OC(=O)[C@@H]1N[C@@H](CC2CCCCC2)[C@](C#N)(c2ccc(Cl)cc2)[C@H]1c1cccc(Cl)c1F. The highest BCUT2D eigenvalue weighted by molar-refractivity contribution is 6.31. The van der Waals surface area contributed by atoms with Crippen LogP contribution >= 0.6 is 23.2 Å². The highest BCUT2D eigenvalue weighted by Crippen LogP contribution is 2.52. The van der Waals surface area contributed by atoms with E-state index < -0.39 is 40.8 Å². The van der Waals surface area contributed by atoms with Gasteiger partial charge in [0.05, 0.1) is 11.1 Å². The van der Waals surface area contributed by atoms with E-state index in [1.165, 1.54) is 12.5 Å². The summed E-state index contributed by atoms with van der Waals surface area (Å²) in [5.41, 5.74) is -1.06. The Hall–Kier alpha value is -2.13. The molecule has 0 radical (unpaired) electrons. The number of hydrogen-bond donors (Lipinski definition) is 1. The zero-order valence-corrected chi connectivity index (χ0v) is 22.5. The van der Waals surface area contributed by atoms with Crippen molar-refractivity contribution in [2.24, 2.45) is 5.92 Å². The lowest BCUT2D eigenvalue weighted by molar-refractivity contribution is -0.157. The van der Waals surface area contributed by atoms with Gasteiger partial charge in [0, 0.05) is 17.0 Å². The van der Waals surface area contributed by atoms with E-state index in [0.29, 0.717) is 22.9 Å². The molecule has 2 aliphatic rings. The first-order valence-electron chi connectivity index (χ1n) is 12.7. The van der Waals surface area contributed by atoms with Crippen LogP contribution in [0, 0.1) is 23.1 Å². The van der Waals surface area contributed by atoms with Crippen LogP contribution in [0.25, 0.3) is 0 Å². The quantitative estimate of drug-likeness (QED) is 0.411. The van der Waals surface area contributed by atoms with Gasteiger partial charge in [-0.2, -0.15) is 5.26 Å². The van der Waals surface area contributed by atoms with Crippen LogP contribution in [0.15, 0.2) is 42.5 Å². The van der Waals surface area contributed by atoms with E-state index in [0.717, 1.165) is 25.7 Å². The average molecular weight is 531 g/mol. The molecule has 4 nitrogen and oxygen atoms in total. The van der Waals surface area contributed by atoms with Crippen LogP contribution in [0.5, 0.6) is 0 Å². The van der Waals surface area contributed by atoms with Gasteiger partial charge in [0.2, 0.25) is 0 Å². The summed E-state index contributed by atoms with van der Waals surface area (Å²) in [5, 5.41) is 14.9. The number of rotatable bonds is 5. The number of nitrogens with zero attached hydrogens (tertiary/aromatic N) is 1. The molecule has 1 aliphatic heterocycles. The number of benzene rings is 2. The molecule has 1 saturated carbocycles. The minimum atomic E-state index is -1.24. The first-order chi connectivity index (χ1) is 17.1. The van der Waals surface area contributed by atoms with Gasteiger partial charge in [-0.3, -0.25) is 10.1 Å². The maximum absolute atomic E-state index is 15.6. The Bertz CT molecular complexity index is 1140. The van der Waals surface area contributed by atoms with Gasteiger partial charge >= 0.3 is 5.97 Å². The van der Waals surface area contributed by atoms with Crippen molar-refractivity contribution >= 4 is 29.2 Å². The highest BCUT2D eigenvalue weighted by atomic mass is 35.5. The molecule has 1 N–H and O–H groups in total. The van der Waals surface area contributed by atoms with Crippen molar-refractivity contribution in [1.82, 2.24) is 5.32 Å². The maximum atomic E-state index is 15.6. The van der Waals surface area contributed by atoms with Crippen molar-refractivity contribution in [3.63, 3.8) is 0 Å². The maximum Gasteiger partial charge on any atom is 0.324 e. The number of halogens is 3. The summed E-state index contributed by atoms with van der Waals surface area (Å²) in [4.78, 5) is 13.6. The fraction of sp³-hybridized carbons (Fsp3) is 0.517. The Labute approximate surface area is 223 Å². The zero-order valence-electron chi connectivity index (χ0n) is 21.0. The Kier molecular flexibility index (Phi) is 8.00. The molecule has 1 heterocycles. The summed E-state index contributed by atoms with van der Waals surface area (Å²) < 4.78 is 21.4. The molecular weight excluding hydrogens is 498 g/mol. The Morgan fingerprint density at radius 3 is 2.42 bits per heavy atom. The summed E-state index contributed by atoms with van der Waals surface area (Å²) in [7, 11) is 0. The van der Waals surface area contributed by atoms with Crippen LogP contribution in [0.1, 0.15) is 76.3 Å². The normalized spacial score (nSPS) is 27.0. The fourth-order valence-corrected chi connectivity index (χ4v) is 6.32. The molecule has 2 aromatic carbocycles. The smallest absolute Gasteiger partial charge is 0.324 e. The molecule has 4 rings (SSSR count). The first kappa shape index (κ1) is 26.9. The highest BCUT2D eigenvalue weighted by Gasteiger charge is 2.60. The van der Waals surface area contributed by atoms with Gasteiger partial charge in [-0.05, 0) is 62.4 Å². The number of esters is 1. The van der Waals surface area contributed by atoms with Crippen LogP contribution in [0.2, 0.25) is 10.0 Å². The van der Waals surface area contributed by atoms with Gasteiger partial charge in [-0.25, -0.2) is 4.39 Å². The predicted octanol–water partition coefficient (Wildman–Crippen LogP) is 7.33. The van der Waals surface area contributed by atoms with Gasteiger partial charge in [0.15, 0.2) is 0 Å². The van der Waals surface area contributed by atoms with Gasteiger partial charge < -0.3 is 4.74 Å². The second kappa shape index (κ2) is 10.7. The van der Waals surface area contributed by atoms with Crippen LogP contribution in [-0.4, -0.2) is 23.7 Å². The van der Waals surface area contributed by atoms with Gasteiger partial charge in [0.25, 0.3) is 0 Å². The molecule has 0 bridgehead atoms. The fourth-order valence-electron chi connectivity index (χ4n) is 6.01. The standard InChI is InChI=1S/C29H33Cl2FN2O2/c1-28(2,3)36-27(35)26-24(21-10-7-11-22(31)25(21)32)29(17-33,19-12-14-20(30)15-13-19)23(34-26)16-18-8-5-4-6-9-18/h7,10-15,18,23-24,26,34H,4-6,8-9,16H2,1-3H3/t23-,24-,26+,29-/m0/s1. The van der Waals surface area contributed by atoms with Crippen molar-refractivity contribution in [2.45, 2.75) is 88.3 Å². The largest absolute Gasteiger partial charge is 0.459 e. The van der Waals surface area contributed by atoms with E-state index in [2.05, 4.69) is 11.4 Å². The molecule has 7 heteroatoms. The van der Waals surface area contributed by atoms with E-state index in [1.54, 1.807) is 45.0 Å². The molecule has 2 fully saturated rings. The van der Waals surface area contributed by atoms with Crippen LogP contribution in [0.4, 0.5) is 4.39 Å². The molecule has 1 saturated heterocycles. The first-order valence-corrected chi connectivity index (χ1v) is 13.4. The third kappa shape index (κ3) is 5.28. The summed E-state index contributed by atoms with van der Waals surface area (Å²) in [5.74, 6) is -1.57. The third-order valence-electron chi connectivity index (χ3n) is 7.53. The van der Waals surface area contributed by atoms with E-state index in [9.17, 15) is 10.1 Å². The third-order valence-corrected chi connectivity index (χ3v) is 8.08. The Balaban J connectivity index is 1.91. The zero-order chi connectivity index (χ0) is 26.1. The second-order valence-corrected chi connectivity index (χ2v) is 11.9. The predicted molar refractivity (Wildman–Crippen MR) is 141 cm³/mol. The number of ether oxygens (including phenoxy) is 1. The van der Waals surface area contributed by atoms with E-state index in [1.807, 2.05) is 12.1 Å². The molecule has 36 heavy (non-hydrogen) atoms. The Morgan fingerprint density at radius 2 is 1.81 bits per heavy atom. The van der Waals surface area contributed by atoms with Gasteiger partial charge in [-0.15, -0.1) is 0 Å². The minimum Gasteiger partial charge on any atom is -0.459 e. The molecule has 0 aromatic heterocycles. The molecule has 2 aromatic rings. The van der Waals surface area contributed by atoms with Crippen molar-refractivity contribution < 1.29 is 13.9 Å². The van der Waals surface area contributed by atoms with Crippen LogP contribution in [-0.2, 0) is 14.9 Å². The number of nitriles is 1. The molecular formula is C29H33Cl2FN2O2. The molecule has 0 unspecified atom stereocenters. The summed E-state index contributed by atoms with van der Waals surface area (Å²) in [6.07, 6.45) is 6.38. The lowest BCUT2D eigenvalue weighted by Gasteiger charge is -2.37. The number of carbonyl (C=O) groups excluding carboxylic acids is 1. The monoisotopic (exact) mass is 530 g/mol. The lowest BCUT2D eigenvalue weighted by Crippen LogP contribution is -2.43. The van der Waals surface area contributed by atoms with Crippen molar-refractivity contribution in [2.75, 3.05) is 0 Å². The van der Waals surface area contributed by atoms with Gasteiger partial charge in [0.1, 0.15) is 22.9 Å². The van der Waals surface area contributed by atoms with Crippen LogP contribution in [0.3, 0.4) is 0 Å². The molecule has 4 atom stereocenters. The Morgan fingerprint density at radius 1 is 1.14 bits per heavy atom. The van der Waals surface area contributed by atoms with E-state index in [-0.39, 0.29) is 10.6 Å². The second-order valence-electron chi connectivity index (χ2n) is 11.1.